The number of nitrogens with one attached hydrogen (secondary N) is 3. The number of benzene rings is 1. The number of piperidine rings is 1. The van der Waals surface area contributed by atoms with E-state index in [-0.39, 0.29) is 0 Å². The quantitative estimate of drug-likeness (QED) is 0.510. The van der Waals surface area contributed by atoms with Gasteiger partial charge in [0, 0.05) is 22.7 Å². The molecule has 1 aliphatic rings. The molecule has 1 aliphatic heterocycles. The molecule has 132 valence electrons. The molecule has 0 bridgehead atoms. The molecule has 4 aromatic rings. The van der Waals surface area contributed by atoms with Gasteiger partial charge in [0.2, 0.25) is 0 Å². The third kappa shape index (κ3) is 2.42. The molecular formula is C21H23N5. The maximum absolute atomic E-state index is 4.47. The zero-order valence-corrected chi connectivity index (χ0v) is 15.2. The Morgan fingerprint density at radius 1 is 1.04 bits per heavy atom. The molecule has 3 N–H and O–H groups in total. The lowest BCUT2D eigenvalue weighted by molar-refractivity contribution is 0.460. The summed E-state index contributed by atoms with van der Waals surface area (Å²) in [5, 5.41) is 4.77. The van der Waals surface area contributed by atoms with Crippen molar-refractivity contribution in [2.75, 3.05) is 13.1 Å². The smallest absolute Gasteiger partial charge is 0.178 e. The Morgan fingerprint density at radius 3 is 2.73 bits per heavy atom. The van der Waals surface area contributed by atoms with Crippen LogP contribution < -0.4 is 5.32 Å². The van der Waals surface area contributed by atoms with Crippen molar-refractivity contribution in [2.24, 2.45) is 0 Å². The van der Waals surface area contributed by atoms with Crippen molar-refractivity contribution < 1.29 is 0 Å². The van der Waals surface area contributed by atoms with Crippen molar-refractivity contribution in [2.45, 2.75) is 32.6 Å². The van der Waals surface area contributed by atoms with E-state index < -0.39 is 0 Å². The number of hydrogen-bond acceptors (Lipinski definition) is 3. The highest BCUT2D eigenvalue weighted by Gasteiger charge is 2.18. The molecule has 1 saturated heterocycles. The molecule has 5 rings (SSSR count). The number of aryl methyl sites for hydroxylation is 2. The van der Waals surface area contributed by atoms with Crippen LogP contribution in [0.25, 0.3) is 33.3 Å². The molecule has 0 saturated carbocycles. The van der Waals surface area contributed by atoms with Gasteiger partial charge >= 0.3 is 0 Å². The molecule has 0 unspecified atom stereocenters. The maximum Gasteiger partial charge on any atom is 0.178 e. The topological polar surface area (TPSA) is 69.4 Å². The molecule has 0 spiro atoms. The highest BCUT2D eigenvalue weighted by atomic mass is 15.0. The van der Waals surface area contributed by atoms with Gasteiger partial charge in [-0.15, -0.1) is 0 Å². The first kappa shape index (κ1) is 15.6. The van der Waals surface area contributed by atoms with Crippen molar-refractivity contribution in [1.82, 2.24) is 25.3 Å². The van der Waals surface area contributed by atoms with E-state index in [0.717, 1.165) is 41.3 Å². The molecule has 0 radical (unpaired) electrons. The Balaban J connectivity index is 1.65. The molecule has 0 aliphatic carbocycles. The van der Waals surface area contributed by atoms with Crippen LogP contribution in [-0.2, 0) is 0 Å². The molecule has 26 heavy (non-hydrogen) atoms. The zero-order chi connectivity index (χ0) is 17.7. The minimum atomic E-state index is 0.668. The predicted molar refractivity (Wildman–Crippen MR) is 106 cm³/mol. The minimum absolute atomic E-state index is 0.668. The van der Waals surface area contributed by atoms with Gasteiger partial charge in [-0.25, -0.2) is 9.97 Å². The van der Waals surface area contributed by atoms with Gasteiger partial charge in [0.15, 0.2) is 5.65 Å². The molecule has 0 atom stereocenters. The number of hydrogen-bond donors (Lipinski definition) is 3. The lowest BCUT2D eigenvalue weighted by Crippen LogP contribution is -2.26. The van der Waals surface area contributed by atoms with Crippen molar-refractivity contribution in [1.29, 1.82) is 0 Å². The summed E-state index contributed by atoms with van der Waals surface area (Å²) in [5.74, 6) is 1.56. The second-order valence-electron chi connectivity index (χ2n) is 7.33. The summed E-state index contributed by atoms with van der Waals surface area (Å²) in [4.78, 5) is 15.8. The fourth-order valence-electron chi connectivity index (χ4n) is 4.26. The van der Waals surface area contributed by atoms with E-state index in [1.54, 1.807) is 0 Å². The molecule has 5 heteroatoms. The van der Waals surface area contributed by atoms with Crippen molar-refractivity contribution in [3.63, 3.8) is 0 Å². The number of pyridine rings is 1. The van der Waals surface area contributed by atoms with Crippen LogP contribution >= 0.6 is 0 Å². The Kier molecular flexibility index (Phi) is 3.57. The van der Waals surface area contributed by atoms with Crippen LogP contribution in [0, 0.1) is 13.8 Å². The summed E-state index contributed by atoms with van der Waals surface area (Å²) in [6.07, 6.45) is 4.28. The first-order valence-corrected chi connectivity index (χ1v) is 9.35. The Morgan fingerprint density at radius 2 is 1.88 bits per heavy atom. The molecule has 1 aromatic carbocycles. The fraction of sp³-hybridized carbons (Fsp3) is 0.333. The summed E-state index contributed by atoms with van der Waals surface area (Å²) in [6.45, 7) is 6.41. The lowest BCUT2D eigenvalue weighted by atomic mass is 9.89. The van der Waals surface area contributed by atoms with Gasteiger partial charge in [0.25, 0.3) is 0 Å². The molecule has 0 amide bonds. The Hall–Kier alpha value is -2.66. The average molecular weight is 345 g/mol. The van der Waals surface area contributed by atoms with E-state index in [9.17, 15) is 0 Å². The first-order chi connectivity index (χ1) is 12.7. The number of H-pyrrole nitrogens is 2. The summed E-state index contributed by atoms with van der Waals surface area (Å²) < 4.78 is 0. The largest absolute Gasteiger partial charge is 0.354 e. The number of aromatic nitrogens is 4. The van der Waals surface area contributed by atoms with Crippen molar-refractivity contribution in [3.8, 4) is 11.3 Å². The lowest BCUT2D eigenvalue weighted by Gasteiger charge is -2.23. The standard InChI is InChI=1S/C21H23N5/c1-12-17-11-15(14-5-8-22-9-6-14)3-4-18(17)26-19(12)16-7-10-23-21-20(16)24-13(2)25-21/h3-4,7,10-11,14,22,26H,5-6,8-9H2,1-2H3,(H,23,24,25). The normalized spacial score (nSPS) is 15.9. The third-order valence-electron chi connectivity index (χ3n) is 5.67. The van der Waals surface area contributed by atoms with Crippen molar-refractivity contribution in [3.05, 3.63) is 47.4 Å². The predicted octanol–water partition coefficient (Wildman–Crippen LogP) is 4.19. The number of fused-ring (bicyclic) bond motifs is 2. The fourth-order valence-corrected chi connectivity index (χ4v) is 4.26. The van der Waals surface area contributed by atoms with Gasteiger partial charge < -0.3 is 15.3 Å². The summed E-state index contributed by atoms with van der Waals surface area (Å²) in [7, 11) is 0. The summed E-state index contributed by atoms with van der Waals surface area (Å²) in [6, 6.07) is 8.98. The number of rotatable bonds is 2. The molecule has 4 heterocycles. The first-order valence-electron chi connectivity index (χ1n) is 9.35. The van der Waals surface area contributed by atoms with E-state index in [1.807, 2.05) is 13.1 Å². The SMILES string of the molecule is Cc1nc2nccc(-c3[nH]c4ccc(C5CCNCC5)cc4c3C)c2[nH]1. The van der Waals surface area contributed by atoms with E-state index in [4.69, 9.17) is 0 Å². The van der Waals surface area contributed by atoms with E-state index in [1.165, 1.54) is 34.9 Å². The van der Waals surface area contributed by atoms with Crippen LogP contribution in [-0.4, -0.2) is 33.0 Å². The number of imidazole rings is 1. The van der Waals surface area contributed by atoms with Gasteiger partial charge in [-0.2, -0.15) is 0 Å². The van der Waals surface area contributed by atoms with Crippen molar-refractivity contribution >= 4 is 22.1 Å². The molecular weight excluding hydrogens is 322 g/mol. The molecule has 3 aromatic heterocycles. The minimum Gasteiger partial charge on any atom is -0.354 e. The van der Waals surface area contributed by atoms with Gasteiger partial charge in [-0.3, -0.25) is 0 Å². The van der Waals surface area contributed by atoms with Crippen LogP contribution in [0.3, 0.4) is 0 Å². The van der Waals surface area contributed by atoms with Crippen LogP contribution in [0.5, 0.6) is 0 Å². The zero-order valence-electron chi connectivity index (χ0n) is 15.2. The van der Waals surface area contributed by atoms with Gasteiger partial charge in [0.1, 0.15) is 5.82 Å². The third-order valence-corrected chi connectivity index (χ3v) is 5.67. The summed E-state index contributed by atoms with van der Waals surface area (Å²) >= 11 is 0. The second kappa shape index (κ2) is 5.95. The van der Waals surface area contributed by atoms with Gasteiger partial charge in [-0.05, 0) is 75.0 Å². The monoisotopic (exact) mass is 345 g/mol. The van der Waals surface area contributed by atoms with Crippen LogP contribution in [0.1, 0.15) is 35.7 Å². The van der Waals surface area contributed by atoms with Crippen LogP contribution in [0.2, 0.25) is 0 Å². The second-order valence-corrected chi connectivity index (χ2v) is 7.33. The molecule has 5 nitrogen and oxygen atoms in total. The average Bonchev–Trinajstić information content (AvgIpc) is 3.21. The molecule has 1 fully saturated rings. The van der Waals surface area contributed by atoms with E-state index in [2.05, 4.69) is 56.4 Å². The highest BCUT2D eigenvalue weighted by Crippen LogP contribution is 2.35. The summed E-state index contributed by atoms with van der Waals surface area (Å²) in [5.41, 5.74) is 8.00. The van der Waals surface area contributed by atoms with E-state index in [0.29, 0.717) is 5.92 Å². The van der Waals surface area contributed by atoms with Crippen LogP contribution in [0.4, 0.5) is 0 Å². The Labute approximate surface area is 152 Å². The highest BCUT2D eigenvalue weighted by molar-refractivity contribution is 5.97. The van der Waals surface area contributed by atoms with Gasteiger partial charge in [-0.1, -0.05) is 6.07 Å². The van der Waals surface area contributed by atoms with E-state index >= 15 is 0 Å². The van der Waals surface area contributed by atoms with Gasteiger partial charge in [0.05, 0.1) is 11.2 Å². The van der Waals surface area contributed by atoms with Crippen LogP contribution in [0.15, 0.2) is 30.5 Å². The maximum atomic E-state index is 4.47. The number of nitrogens with zero attached hydrogens (tertiary/aromatic N) is 2. The number of aromatic amines is 2. The Bertz CT molecular complexity index is 1100.